The summed E-state index contributed by atoms with van der Waals surface area (Å²) in [6.45, 7) is 0. The van der Waals surface area contributed by atoms with Gasteiger partial charge in [0.2, 0.25) is 0 Å². The van der Waals surface area contributed by atoms with Crippen molar-refractivity contribution < 1.29 is 0 Å². The summed E-state index contributed by atoms with van der Waals surface area (Å²) in [5.41, 5.74) is 8.39. The third-order valence-electron chi connectivity index (χ3n) is 10.7. The molecule has 248 valence electrons. The van der Waals surface area contributed by atoms with E-state index in [0.29, 0.717) is 0 Å². The first kappa shape index (κ1) is 30.4. The lowest BCUT2D eigenvalue weighted by Crippen LogP contribution is -2.10. The second kappa shape index (κ2) is 12.2. The van der Waals surface area contributed by atoms with Crippen molar-refractivity contribution in [2.24, 2.45) is 0 Å². The Morgan fingerprint density at radius 3 is 1.64 bits per heavy atom. The first-order valence-electron chi connectivity index (χ1n) is 18.0. The van der Waals surface area contributed by atoms with Crippen LogP contribution in [0.25, 0.3) is 84.1 Å². The van der Waals surface area contributed by atoms with Crippen LogP contribution in [0.1, 0.15) is 0 Å². The van der Waals surface area contributed by atoms with Crippen LogP contribution < -0.4 is 4.90 Å². The van der Waals surface area contributed by atoms with Crippen LogP contribution in [0.3, 0.4) is 0 Å². The molecule has 0 bridgehead atoms. The summed E-state index contributed by atoms with van der Waals surface area (Å²) in [4.78, 5) is 2.44. The number of fused-ring (bicyclic) bond motifs is 9. The Kier molecular flexibility index (Phi) is 6.97. The van der Waals surface area contributed by atoms with E-state index < -0.39 is 0 Å². The molecule has 2 heterocycles. The van der Waals surface area contributed by atoms with Gasteiger partial charge in [0.05, 0.1) is 5.69 Å². The number of thiophene rings is 2. The normalized spacial score (nSPS) is 11.8. The topological polar surface area (TPSA) is 3.24 Å². The monoisotopic (exact) mass is 709 g/mol. The molecule has 9 aromatic carbocycles. The van der Waals surface area contributed by atoms with Gasteiger partial charge >= 0.3 is 0 Å². The molecule has 0 aliphatic heterocycles. The van der Waals surface area contributed by atoms with Crippen molar-refractivity contribution in [2.75, 3.05) is 4.90 Å². The largest absolute Gasteiger partial charge is 0.310 e. The number of hydrogen-bond acceptors (Lipinski definition) is 3. The van der Waals surface area contributed by atoms with Gasteiger partial charge in [0.1, 0.15) is 0 Å². The van der Waals surface area contributed by atoms with Crippen LogP contribution in [0.15, 0.2) is 188 Å². The standard InChI is InChI=1S/C50H31NS2/c1-3-13-38-32(10-1)12-7-16-39(38)34-22-27-36(28-23-34)51(44-18-9-21-47-49(44)42-15-5-6-19-45(42)52-47)37-29-24-35(25-30-37)40-17-8-20-46-48(40)43-31-26-33-11-2-4-14-41(33)50(43)53-46/h1-31H. The minimum atomic E-state index is 1.13. The second-order valence-electron chi connectivity index (χ2n) is 13.6. The zero-order chi connectivity index (χ0) is 34.9. The number of hydrogen-bond donors (Lipinski definition) is 0. The molecule has 0 N–H and O–H groups in total. The van der Waals surface area contributed by atoms with E-state index in [1.807, 2.05) is 22.7 Å². The maximum absolute atomic E-state index is 2.44. The number of rotatable bonds is 5. The van der Waals surface area contributed by atoms with Crippen LogP contribution in [0.5, 0.6) is 0 Å². The lowest BCUT2D eigenvalue weighted by atomic mass is 9.97. The van der Waals surface area contributed by atoms with Crippen LogP contribution in [-0.4, -0.2) is 0 Å². The van der Waals surface area contributed by atoms with E-state index in [4.69, 9.17) is 0 Å². The smallest absolute Gasteiger partial charge is 0.0554 e. The molecule has 0 aliphatic carbocycles. The van der Waals surface area contributed by atoms with Crippen LogP contribution in [0, 0.1) is 0 Å². The molecule has 1 nitrogen and oxygen atoms in total. The highest BCUT2D eigenvalue weighted by Crippen LogP contribution is 2.47. The molecule has 0 saturated carbocycles. The van der Waals surface area contributed by atoms with E-state index in [2.05, 4.69) is 193 Å². The van der Waals surface area contributed by atoms with Crippen LogP contribution in [-0.2, 0) is 0 Å². The van der Waals surface area contributed by atoms with Gasteiger partial charge in [-0.05, 0) is 92.3 Å². The Labute approximate surface area is 315 Å². The van der Waals surface area contributed by atoms with Gasteiger partial charge in [-0.3, -0.25) is 0 Å². The summed E-state index contributed by atoms with van der Waals surface area (Å²) in [6.07, 6.45) is 0. The predicted octanol–water partition coefficient (Wildman–Crippen LogP) is 15.5. The van der Waals surface area contributed by atoms with E-state index in [1.54, 1.807) is 0 Å². The van der Waals surface area contributed by atoms with Crippen molar-refractivity contribution in [3.05, 3.63) is 188 Å². The fourth-order valence-electron chi connectivity index (χ4n) is 8.22. The van der Waals surface area contributed by atoms with Crippen molar-refractivity contribution in [3.63, 3.8) is 0 Å². The number of anilines is 3. The van der Waals surface area contributed by atoms with Crippen LogP contribution >= 0.6 is 22.7 Å². The third-order valence-corrected chi connectivity index (χ3v) is 13.0. The molecule has 0 spiro atoms. The van der Waals surface area contributed by atoms with Crippen LogP contribution in [0.4, 0.5) is 17.1 Å². The summed E-state index contributed by atoms with van der Waals surface area (Å²) in [5, 5.41) is 10.4. The first-order valence-corrected chi connectivity index (χ1v) is 19.6. The zero-order valence-electron chi connectivity index (χ0n) is 28.7. The molecule has 53 heavy (non-hydrogen) atoms. The number of nitrogens with zero attached hydrogens (tertiary/aromatic N) is 1. The highest BCUT2D eigenvalue weighted by Gasteiger charge is 2.20. The second-order valence-corrected chi connectivity index (χ2v) is 15.8. The minimum absolute atomic E-state index is 1.13. The van der Waals surface area contributed by atoms with Gasteiger partial charge in [-0.25, -0.2) is 0 Å². The molecular weight excluding hydrogens is 679 g/mol. The van der Waals surface area contributed by atoms with Gasteiger partial charge in [0.25, 0.3) is 0 Å². The Balaban J connectivity index is 1.07. The Morgan fingerprint density at radius 1 is 0.321 bits per heavy atom. The van der Waals surface area contributed by atoms with Crippen molar-refractivity contribution in [1.29, 1.82) is 0 Å². The van der Waals surface area contributed by atoms with E-state index in [9.17, 15) is 0 Å². The van der Waals surface area contributed by atoms with Crippen molar-refractivity contribution in [3.8, 4) is 22.3 Å². The van der Waals surface area contributed by atoms with Gasteiger partial charge in [-0.1, -0.05) is 140 Å². The maximum atomic E-state index is 2.44. The van der Waals surface area contributed by atoms with Gasteiger partial charge in [0, 0.05) is 51.7 Å². The fraction of sp³-hybridized carbons (Fsp3) is 0. The zero-order valence-corrected chi connectivity index (χ0v) is 30.3. The predicted molar refractivity (Wildman–Crippen MR) is 233 cm³/mol. The summed E-state index contributed by atoms with van der Waals surface area (Å²) in [6, 6.07) is 69.1. The van der Waals surface area contributed by atoms with Gasteiger partial charge in [0.15, 0.2) is 0 Å². The molecule has 0 saturated heterocycles. The van der Waals surface area contributed by atoms with E-state index in [1.165, 1.54) is 89.8 Å². The first-order chi connectivity index (χ1) is 26.3. The summed E-state index contributed by atoms with van der Waals surface area (Å²) in [7, 11) is 0. The van der Waals surface area contributed by atoms with E-state index in [-0.39, 0.29) is 0 Å². The van der Waals surface area contributed by atoms with Gasteiger partial charge in [-0.2, -0.15) is 0 Å². The maximum Gasteiger partial charge on any atom is 0.0554 e. The summed E-state index contributed by atoms with van der Waals surface area (Å²) >= 11 is 3.76. The van der Waals surface area contributed by atoms with Crippen molar-refractivity contribution in [2.45, 2.75) is 0 Å². The highest BCUT2D eigenvalue weighted by molar-refractivity contribution is 7.27. The summed E-state index contributed by atoms with van der Waals surface area (Å²) in [5.74, 6) is 0. The lowest BCUT2D eigenvalue weighted by Gasteiger charge is -2.27. The van der Waals surface area contributed by atoms with E-state index >= 15 is 0 Å². The molecule has 0 amide bonds. The minimum Gasteiger partial charge on any atom is -0.310 e. The molecule has 2 aromatic heterocycles. The number of benzene rings is 9. The van der Waals surface area contributed by atoms with Crippen molar-refractivity contribution in [1.82, 2.24) is 0 Å². The van der Waals surface area contributed by atoms with Gasteiger partial charge in [-0.15, -0.1) is 22.7 Å². The molecule has 0 radical (unpaired) electrons. The van der Waals surface area contributed by atoms with Gasteiger partial charge < -0.3 is 4.90 Å². The Morgan fingerprint density at radius 2 is 0.868 bits per heavy atom. The molecule has 0 atom stereocenters. The Bertz CT molecular complexity index is 3160. The van der Waals surface area contributed by atoms with Crippen LogP contribution in [0.2, 0.25) is 0 Å². The van der Waals surface area contributed by atoms with E-state index in [0.717, 1.165) is 11.4 Å². The molecule has 0 fully saturated rings. The quantitative estimate of drug-likeness (QED) is 0.172. The van der Waals surface area contributed by atoms with Crippen molar-refractivity contribution >= 4 is 102 Å². The molecule has 3 heteroatoms. The molecular formula is C50H31NS2. The average molecular weight is 710 g/mol. The molecule has 11 aromatic rings. The fourth-order valence-corrected chi connectivity index (χ4v) is 10.6. The summed E-state index contributed by atoms with van der Waals surface area (Å²) < 4.78 is 5.28. The molecule has 0 aliphatic rings. The lowest BCUT2D eigenvalue weighted by molar-refractivity contribution is 1.30. The SMILES string of the molecule is c1ccc2c(-c3ccc(N(c4ccc(-c5cccc6sc7c8ccccc8ccc7c56)cc4)c4cccc5sc6ccccc6c45)cc3)cccc2c1. The highest BCUT2D eigenvalue weighted by atomic mass is 32.1. The third kappa shape index (κ3) is 4.89. The molecule has 0 unspecified atom stereocenters. The average Bonchev–Trinajstić information content (AvgIpc) is 3.81. The Hall–Kier alpha value is -6.26. The molecule has 11 rings (SSSR count).